The lowest BCUT2D eigenvalue weighted by Gasteiger charge is -2.23. The van der Waals surface area contributed by atoms with Gasteiger partial charge in [0.05, 0.1) is 6.10 Å². The highest BCUT2D eigenvalue weighted by Crippen LogP contribution is 2.26. The van der Waals surface area contributed by atoms with Crippen LogP contribution in [0, 0.1) is 11.3 Å². The van der Waals surface area contributed by atoms with Gasteiger partial charge in [-0.25, -0.2) is 0 Å². The van der Waals surface area contributed by atoms with Gasteiger partial charge in [-0.3, -0.25) is 0 Å². The van der Waals surface area contributed by atoms with Crippen molar-refractivity contribution in [1.82, 2.24) is 0 Å². The minimum Gasteiger partial charge on any atom is -0.393 e. The molecule has 1 N–H and O–H groups in total. The molecule has 2 unspecified atom stereocenters. The van der Waals surface area contributed by atoms with Crippen molar-refractivity contribution in [3.05, 3.63) is 0 Å². The molecular weight excluding hydrogens is 136 g/mol. The van der Waals surface area contributed by atoms with Crippen molar-refractivity contribution in [3.63, 3.8) is 0 Å². The van der Waals surface area contributed by atoms with E-state index in [1.54, 1.807) is 0 Å². The molecule has 0 radical (unpaired) electrons. The molecule has 0 aromatic carbocycles. The van der Waals surface area contributed by atoms with Crippen LogP contribution >= 0.6 is 0 Å². The summed E-state index contributed by atoms with van der Waals surface area (Å²) in [4.78, 5) is 0. The lowest BCUT2D eigenvalue weighted by atomic mass is 9.83. The van der Waals surface area contributed by atoms with Crippen LogP contribution in [0.1, 0.15) is 47.5 Å². The van der Waals surface area contributed by atoms with Crippen LogP contribution in [0.2, 0.25) is 0 Å². The fraction of sp³-hybridized carbons (Fsp3) is 1.00. The number of rotatable bonds is 3. The molecular formula is C10H22O. The Morgan fingerprint density at radius 3 is 1.91 bits per heavy atom. The summed E-state index contributed by atoms with van der Waals surface area (Å²) in [5.41, 5.74) is 0.397. The minimum atomic E-state index is -0.146. The summed E-state index contributed by atoms with van der Waals surface area (Å²) in [7, 11) is 0. The highest BCUT2D eigenvalue weighted by atomic mass is 16.3. The quantitative estimate of drug-likeness (QED) is 0.669. The zero-order valence-corrected chi connectivity index (χ0v) is 8.52. The van der Waals surface area contributed by atoms with Crippen molar-refractivity contribution in [1.29, 1.82) is 0 Å². The predicted octanol–water partition coefficient (Wildman–Crippen LogP) is 2.83. The van der Waals surface area contributed by atoms with Crippen LogP contribution in [0.3, 0.4) is 0 Å². The van der Waals surface area contributed by atoms with E-state index in [2.05, 4.69) is 27.7 Å². The van der Waals surface area contributed by atoms with Crippen molar-refractivity contribution in [2.24, 2.45) is 11.3 Å². The Morgan fingerprint density at radius 1 is 1.18 bits per heavy atom. The van der Waals surface area contributed by atoms with Gasteiger partial charge >= 0.3 is 0 Å². The average molecular weight is 158 g/mol. The largest absolute Gasteiger partial charge is 0.393 e. The van der Waals surface area contributed by atoms with Crippen molar-refractivity contribution in [3.8, 4) is 0 Å². The second-order valence-corrected chi connectivity index (χ2v) is 4.95. The second kappa shape index (κ2) is 4.10. The molecule has 0 aromatic rings. The molecule has 0 heterocycles. The van der Waals surface area contributed by atoms with Crippen LogP contribution in [0.25, 0.3) is 0 Å². The molecule has 0 aliphatic rings. The van der Waals surface area contributed by atoms with Gasteiger partial charge in [0.15, 0.2) is 0 Å². The number of aliphatic hydroxyl groups is 1. The van der Waals surface area contributed by atoms with E-state index in [4.69, 9.17) is 5.11 Å². The first-order valence-corrected chi connectivity index (χ1v) is 4.49. The van der Waals surface area contributed by atoms with Gasteiger partial charge in [-0.2, -0.15) is 0 Å². The van der Waals surface area contributed by atoms with E-state index in [-0.39, 0.29) is 6.10 Å². The first-order valence-electron chi connectivity index (χ1n) is 4.49. The summed E-state index contributed by atoms with van der Waals surface area (Å²) in [6.45, 7) is 10.8. The summed E-state index contributed by atoms with van der Waals surface area (Å²) in [5.74, 6) is 0.634. The Morgan fingerprint density at radius 2 is 1.64 bits per heavy atom. The van der Waals surface area contributed by atoms with E-state index in [9.17, 15) is 0 Å². The Hall–Kier alpha value is -0.0400. The van der Waals surface area contributed by atoms with Gasteiger partial charge in [0.2, 0.25) is 0 Å². The Balaban J connectivity index is 3.61. The average Bonchev–Trinajstić information content (AvgIpc) is 1.53. The summed E-state index contributed by atoms with van der Waals surface area (Å²) >= 11 is 0. The van der Waals surface area contributed by atoms with E-state index in [0.717, 1.165) is 6.42 Å². The predicted molar refractivity (Wildman–Crippen MR) is 49.5 cm³/mol. The molecule has 0 bridgehead atoms. The number of hydrogen-bond donors (Lipinski definition) is 1. The van der Waals surface area contributed by atoms with Gasteiger partial charge in [0, 0.05) is 0 Å². The highest BCUT2D eigenvalue weighted by Gasteiger charge is 2.16. The molecule has 0 rings (SSSR count). The first-order chi connectivity index (χ1) is 4.81. The van der Waals surface area contributed by atoms with Gasteiger partial charge in [0.1, 0.15) is 0 Å². The maximum atomic E-state index is 9.12. The SMILES string of the molecule is CC(O)CC(C)CC(C)(C)C. The van der Waals surface area contributed by atoms with Crippen molar-refractivity contribution >= 4 is 0 Å². The van der Waals surface area contributed by atoms with Gasteiger partial charge in [0.25, 0.3) is 0 Å². The number of aliphatic hydroxyl groups excluding tert-OH is 1. The minimum absolute atomic E-state index is 0.146. The molecule has 68 valence electrons. The standard InChI is InChI=1S/C10H22O/c1-8(6-9(2)11)7-10(3,4)5/h8-9,11H,6-7H2,1-5H3. The van der Waals surface area contributed by atoms with E-state index < -0.39 is 0 Å². The smallest absolute Gasteiger partial charge is 0.0514 e. The Labute approximate surface area is 70.8 Å². The lowest BCUT2D eigenvalue weighted by Crippen LogP contribution is -2.14. The maximum Gasteiger partial charge on any atom is 0.0514 e. The third-order valence-electron chi connectivity index (χ3n) is 1.70. The van der Waals surface area contributed by atoms with Crippen LogP contribution in [0.15, 0.2) is 0 Å². The third-order valence-corrected chi connectivity index (χ3v) is 1.70. The zero-order valence-electron chi connectivity index (χ0n) is 8.52. The Bertz CT molecular complexity index is 99.9. The zero-order chi connectivity index (χ0) is 9.07. The summed E-state index contributed by atoms with van der Waals surface area (Å²) in [6.07, 6.45) is 1.97. The van der Waals surface area contributed by atoms with Crippen molar-refractivity contribution in [2.45, 2.75) is 53.6 Å². The maximum absolute atomic E-state index is 9.12. The van der Waals surface area contributed by atoms with Crippen molar-refractivity contribution < 1.29 is 5.11 Å². The van der Waals surface area contributed by atoms with Crippen LogP contribution in [0.4, 0.5) is 0 Å². The molecule has 1 heteroatoms. The normalized spacial score (nSPS) is 18.0. The van der Waals surface area contributed by atoms with Crippen LogP contribution in [0.5, 0.6) is 0 Å². The summed E-state index contributed by atoms with van der Waals surface area (Å²) < 4.78 is 0. The molecule has 0 aliphatic carbocycles. The fourth-order valence-electron chi connectivity index (χ4n) is 1.71. The molecule has 0 aliphatic heterocycles. The Kier molecular flexibility index (Phi) is 4.09. The molecule has 0 spiro atoms. The third kappa shape index (κ3) is 7.86. The van der Waals surface area contributed by atoms with E-state index in [0.29, 0.717) is 11.3 Å². The van der Waals surface area contributed by atoms with Crippen molar-refractivity contribution in [2.75, 3.05) is 0 Å². The molecule has 0 aromatic heterocycles. The second-order valence-electron chi connectivity index (χ2n) is 4.95. The lowest BCUT2D eigenvalue weighted by molar-refractivity contribution is 0.149. The highest BCUT2D eigenvalue weighted by molar-refractivity contribution is 4.67. The first kappa shape index (κ1) is 11.0. The van der Waals surface area contributed by atoms with Gasteiger partial charge in [-0.05, 0) is 31.1 Å². The van der Waals surface area contributed by atoms with Crippen LogP contribution in [-0.4, -0.2) is 11.2 Å². The summed E-state index contributed by atoms with van der Waals surface area (Å²) in [6, 6.07) is 0. The van der Waals surface area contributed by atoms with Gasteiger partial charge in [-0.15, -0.1) is 0 Å². The van der Waals surface area contributed by atoms with E-state index in [1.165, 1.54) is 6.42 Å². The number of hydrogen-bond acceptors (Lipinski definition) is 1. The monoisotopic (exact) mass is 158 g/mol. The van der Waals surface area contributed by atoms with Gasteiger partial charge < -0.3 is 5.11 Å². The van der Waals surface area contributed by atoms with Crippen LogP contribution < -0.4 is 0 Å². The molecule has 0 saturated carbocycles. The molecule has 11 heavy (non-hydrogen) atoms. The van der Waals surface area contributed by atoms with E-state index in [1.807, 2.05) is 6.92 Å². The molecule has 0 amide bonds. The van der Waals surface area contributed by atoms with Crippen LogP contribution in [-0.2, 0) is 0 Å². The molecule has 0 saturated heterocycles. The molecule has 2 atom stereocenters. The molecule has 1 nitrogen and oxygen atoms in total. The fourth-order valence-corrected chi connectivity index (χ4v) is 1.71. The molecule has 0 fully saturated rings. The summed E-state index contributed by atoms with van der Waals surface area (Å²) in [5, 5.41) is 9.12. The topological polar surface area (TPSA) is 20.2 Å². The van der Waals surface area contributed by atoms with Gasteiger partial charge in [-0.1, -0.05) is 27.7 Å². The van der Waals surface area contributed by atoms with E-state index >= 15 is 0 Å².